The van der Waals surface area contributed by atoms with Crippen LogP contribution in [0, 0.1) is 0 Å². The maximum Gasteiger partial charge on any atom is 0.494 e. The minimum atomic E-state index is -0.368. The van der Waals surface area contributed by atoms with Gasteiger partial charge in [0.15, 0.2) is 0 Å². The van der Waals surface area contributed by atoms with E-state index in [-0.39, 0.29) is 23.7 Å². The van der Waals surface area contributed by atoms with Gasteiger partial charge in [-0.3, -0.25) is 4.79 Å². The highest BCUT2D eigenvalue weighted by Gasteiger charge is 2.52. The van der Waals surface area contributed by atoms with E-state index in [0.29, 0.717) is 0 Å². The van der Waals surface area contributed by atoms with Crippen LogP contribution in [0.15, 0.2) is 36.4 Å². The normalized spacial score (nSPS) is 18.8. The zero-order valence-corrected chi connectivity index (χ0v) is 23.4. The molecule has 194 valence electrons. The Morgan fingerprint density at radius 3 is 1.78 bits per heavy atom. The molecule has 0 saturated carbocycles. The fourth-order valence-corrected chi connectivity index (χ4v) is 6.10. The lowest BCUT2D eigenvalue weighted by Gasteiger charge is -2.33. The minimum Gasteiger partial charge on any atom is -0.399 e. The summed E-state index contributed by atoms with van der Waals surface area (Å²) in [5.74, 6) is 0. The van der Waals surface area contributed by atoms with Gasteiger partial charge in [0.05, 0.1) is 11.2 Å². The first-order chi connectivity index (χ1) is 17.2. The van der Waals surface area contributed by atoms with E-state index in [1.54, 1.807) is 0 Å². The molecule has 4 rings (SSSR count). The quantitative estimate of drug-likeness (QED) is 0.172. The largest absolute Gasteiger partial charge is 0.494 e. The summed E-state index contributed by atoms with van der Waals surface area (Å²) in [5.41, 5.74) is 6.44. The summed E-state index contributed by atoms with van der Waals surface area (Å²) in [6.45, 7) is 13.0. The van der Waals surface area contributed by atoms with Crippen molar-refractivity contribution in [2.75, 3.05) is 0 Å². The van der Waals surface area contributed by atoms with Gasteiger partial charge < -0.3 is 9.31 Å². The topological polar surface area (TPSA) is 35.5 Å². The molecule has 4 heteroatoms. The first kappa shape index (κ1) is 27.1. The van der Waals surface area contributed by atoms with Gasteiger partial charge in [0, 0.05) is 11.0 Å². The van der Waals surface area contributed by atoms with Crippen molar-refractivity contribution in [2.45, 2.75) is 122 Å². The molecule has 0 amide bonds. The van der Waals surface area contributed by atoms with Crippen LogP contribution in [0.2, 0.25) is 0 Å². The number of unbranched alkanes of at least 4 members (excludes halogenated alkanes) is 6. The van der Waals surface area contributed by atoms with E-state index in [4.69, 9.17) is 9.31 Å². The summed E-state index contributed by atoms with van der Waals surface area (Å²) >= 11 is 0. The third-order valence-electron chi connectivity index (χ3n) is 8.98. The Morgan fingerprint density at radius 2 is 1.25 bits per heavy atom. The van der Waals surface area contributed by atoms with Gasteiger partial charge in [-0.15, -0.1) is 0 Å². The van der Waals surface area contributed by atoms with Crippen molar-refractivity contribution in [3.8, 4) is 11.1 Å². The lowest BCUT2D eigenvalue weighted by Crippen LogP contribution is -2.41. The van der Waals surface area contributed by atoms with Crippen molar-refractivity contribution in [1.82, 2.24) is 0 Å². The molecule has 0 bridgehead atoms. The standard InChI is InChI=1S/C32H45BO3/c1-7-9-11-13-19-32(20-14-12-10-8-2)28-21-24(23-34)15-17-26(28)27-18-16-25(22-29(27)32)33-35-30(3,4)31(5,6)36-33/h15-18,21-23H,7-14,19-20H2,1-6H3. The number of aldehydes is 1. The van der Waals surface area contributed by atoms with Crippen LogP contribution < -0.4 is 5.46 Å². The van der Waals surface area contributed by atoms with E-state index in [1.165, 1.54) is 73.6 Å². The highest BCUT2D eigenvalue weighted by molar-refractivity contribution is 6.62. The molecule has 0 N–H and O–H groups in total. The number of carbonyl (C=O) groups is 1. The Labute approximate surface area is 219 Å². The van der Waals surface area contributed by atoms with Crippen molar-refractivity contribution in [2.24, 2.45) is 0 Å². The van der Waals surface area contributed by atoms with Gasteiger partial charge in [0.2, 0.25) is 0 Å². The number of rotatable bonds is 12. The Hall–Kier alpha value is -1.91. The molecule has 1 aliphatic carbocycles. The molecule has 3 nitrogen and oxygen atoms in total. The van der Waals surface area contributed by atoms with Crippen LogP contribution in [0.25, 0.3) is 11.1 Å². The molecule has 0 radical (unpaired) electrons. The van der Waals surface area contributed by atoms with Crippen molar-refractivity contribution < 1.29 is 14.1 Å². The average molecular weight is 489 g/mol. The summed E-state index contributed by atoms with van der Waals surface area (Å²) < 4.78 is 12.9. The van der Waals surface area contributed by atoms with Crippen LogP contribution in [0.3, 0.4) is 0 Å². The van der Waals surface area contributed by atoms with Gasteiger partial charge in [0.1, 0.15) is 6.29 Å². The number of fused-ring (bicyclic) bond motifs is 3. The molecule has 0 spiro atoms. The maximum atomic E-state index is 11.8. The number of benzene rings is 2. The van der Waals surface area contributed by atoms with E-state index in [9.17, 15) is 4.79 Å². The lowest BCUT2D eigenvalue weighted by molar-refractivity contribution is 0.00578. The van der Waals surface area contributed by atoms with Crippen LogP contribution in [-0.2, 0) is 14.7 Å². The summed E-state index contributed by atoms with van der Waals surface area (Å²) in [5, 5.41) is 0. The predicted octanol–water partition coefficient (Wildman–Crippen LogP) is 8.01. The SMILES string of the molecule is CCCCCCC1(CCCCCC)c2cc(C=O)ccc2-c2ccc(B3OC(C)(C)C(C)(C)O3)cc21. The monoisotopic (exact) mass is 488 g/mol. The second kappa shape index (κ2) is 10.8. The van der Waals surface area contributed by atoms with E-state index in [2.05, 4.69) is 71.9 Å². The average Bonchev–Trinajstić information content (AvgIpc) is 3.25. The highest BCUT2D eigenvalue weighted by atomic mass is 16.7. The van der Waals surface area contributed by atoms with Crippen molar-refractivity contribution in [3.63, 3.8) is 0 Å². The number of hydrogen-bond acceptors (Lipinski definition) is 3. The molecule has 0 unspecified atom stereocenters. The van der Waals surface area contributed by atoms with Gasteiger partial charge in [-0.25, -0.2) is 0 Å². The lowest BCUT2D eigenvalue weighted by atomic mass is 9.68. The zero-order valence-electron chi connectivity index (χ0n) is 23.4. The minimum absolute atomic E-state index is 0.0647. The first-order valence-corrected chi connectivity index (χ1v) is 14.3. The van der Waals surface area contributed by atoms with Crippen molar-refractivity contribution >= 4 is 18.9 Å². The predicted molar refractivity (Wildman–Crippen MR) is 151 cm³/mol. The first-order valence-electron chi connectivity index (χ1n) is 14.3. The Balaban J connectivity index is 1.79. The summed E-state index contributed by atoms with van der Waals surface area (Å²) in [6, 6.07) is 13.2. The van der Waals surface area contributed by atoms with Crippen molar-refractivity contribution in [1.29, 1.82) is 0 Å². The van der Waals surface area contributed by atoms with Gasteiger partial charge in [-0.1, -0.05) is 95.5 Å². The highest BCUT2D eigenvalue weighted by Crippen LogP contribution is 2.54. The smallest absolute Gasteiger partial charge is 0.399 e. The number of hydrogen-bond donors (Lipinski definition) is 0. The summed E-state index contributed by atoms with van der Waals surface area (Å²) in [4.78, 5) is 11.8. The van der Waals surface area contributed by atoms with Crippen molar-refractivity contribution in [3.05, 3.63) is 53.1 Å². The fraction of sp³-hybridized carbons (Fsp3) is 0.594. The molecule has 2 aromatic rings. The zero-order chi connectivity index (χ0) is 26.0. The van der Waals surface area contributed by atoms with E-state index in [1.807, 2.05) is 6.07 Å². The Bertz CT molecular complexity index is 1040. The van der Waals surface area contributed by atoms with Gasteiger partial charge >= 0.3 is 7.12 Å². The second-order valence-electron chi connectivity index (χ2n) is 12.0. The van der Waals surface area contributed by atoms with Crippen LogP contribution in [0.5, 0.6) is 0 Å². The third-order valence-corrected chi connectivity index (χ3v) is 8.98. The van der Waals surface area contributed by atoms with Gasteiger partial charge in [-0.2, -0.15) is 0 Å². The molecule has 1 fully saturated rings. The molecule has 0 atom stereocenters. The van der Waals surface area contributed by atoms with Crippen LogP contribution in [-0.4, -0.2) is 24.6 Å². The molecule has 2 aromatic carbocycles. The Kier molecular flexibility index (Phi) is 8.17. The molecule has 1 heterocycles. The molecule has 1 saturated heterocycles. The molecular weight excluding hydrogens is 443 g/mol. The van der Waals surface area contributed by atoms with Crippen LogP contribution >= 0.6 is 0 Å². The summed E-state index contributed by atoms with van der Waals surface area (Å²) in [6.07, 6.45) is 13.2. The van der Waals surface area contributed by atoms with Gasteiger partial charge in [0.25, 0.3) is 0 Å². The summed E-state index contributed by atoms with van der Waals surface area (Å²) in [7, 11) is -0.368. The second-order valence-corrected chi connectivity index (χ2v) is 12.0. The molecule has 1 aliphatic heterocycles. The van der Waals surface area contributed by atoms with Gasteiger partial charge in [-0.05, 0) is 74.3 Å². The van der Waals surface area contributed by atoms with Crippen LogP contribution in [0.1, 0.15) is 127 Å². The molecular formula is C32H45BO3. The van der Waals surface area contributed by atoms with E-state index < -0.39 is 0 Å². The molecule has 0 aromatic heterocycles. The fourth-order valence-electron chi connectivity index (χ4n) is 6.10. The number of carbonyl (C=O) groups excluding carboxylic acids is 1. The Morgan fingerprint density at radius 1 is 0.722 bits per heavy atom. The third kappa shape index (κ3) is 4.96. The molecule has 2 aliphatic rings. The van der Waals surface area contributed by atoms with E-state index >= 15 is 0 Å². The van der Waals surface area contributed by atoms with E-state index in [0.717, 1.165) is 30.2 Å². The molecule has 36 heavy (non-hydrogen) atoms. The van der Waals surface area contributed by atoms with Crippen LogP contribution in [0.4, 0.5) is 0 Å². The maximum absolute atomic E-state index is 11.8.